The molecule has 7 heteroatoms. The van der Waals surface area contributed by atoms with Gasteiger partial charge >= 0.3 is 5.69 Å². The fourth-order valence-corrected chi connectivity index (χ4v) is 2.47. The van der Waals surface area contributed by atoms with Crippen LogP contribution in [0.25, 0.3) is 0 Å². The van der Waals surface area contributed by atoms with Crippen molar-refractivity contribution in [2.45, 2.75) is 39.8 Å². The zero-order valence-corrected chi connectivity index (χ0v) is 12.3. The summed E-state index contributed by atoms with van der Waals surface area (Å²) in [5.74, 6) is 0. The Bertz CT molecular complexity index is 583. The molecule has 0 aliphatic carbocycles. The van der Waals surface area contributed by atoms with Gasteiger partial charge in [-0.25, -0.2) is 4.79 Å². The lowest BCUT2D eigenvalue weighted by molar-refractivity contribution is 0.560. The van der Waals surface area contributed by atoms with Gasteiger partial charge in [0.25, 0.3) is 0 Å². The number of aromatic nitrogens is 4. The fourth-order valence-electron chi connectivity index (χ4n) is 1.71. The summed E-state index contributed by atoms with van der Waals surface area (Å²) in [7, 11) is 0. The molecule has 0 atom stereocenters. The Labute approximate surface area is 116 Å². The van der Waals surface area contributed by atoms with Gasteiger partial charge in [-0.05, 0) is 20.3 Å². The Morgan fingerprint density at radius 1 is 1.37 bits per heavy atom. The molecule has 0 spiro atoms. The van der Waals surface area contributed by atoms with Gasteiger partial charge < -0.3 is 5.32 Å². The Morgan fingerprint density at radius 3 is 2.79 bits per heavy atom. The van der Waals surface area contributed by atoms with E-state index < -0.39 is 0 Å². The van der Waals surface area contributed by atoms with Crippen LogP contribution in [-0.4, -0.2) is 25.9 Å². The zero-order chi connectivity index (χ0) is 13.8. The van der Waals surface area contributed by atoms with E-state index in [1.807, 2.05) is 20.0 Å². The first-order valence-electron chi connectivity index (χ1n) is 6.45. The van der Waals surface area contributed by atoms with Crippen molar-refractivity contribution in [1.29, 1.82) is 0 Å². The monoisotopic (exact) mass is 281 g/mol. The molecule has 0 radical (unpaired) electrons. The summed E-state index contributed by atoms with van der Waals surface area (Å²) in [6.45, 7) is 7.44. The van der Waals surface area contributed by atoms with Gasteiger partial charge in [-0.2, -0.15) is 0 Å². The molecule has 0 aromatic carbocycles. The first-order valence-corrected chi connectivity index (χ1v) is 7.27. The molecule has 0 aliphatic heterocycles. The molecule has 0 unspecified atom stereocenters. The van der Waals surface area contributed by atoms with Crippen molar-refractivity contribution >= 4 is 16.5 Å². The van der Waals surface area contributed by atoms with Crippen LogP contribution in [0.2, 0.25) is 0 Å². The van der Waals surface area contributed by atoms with Crippen LogP contribution in [-0.2, 0) is 6.54 Å². The third-order valence-electron chi connectivity index (χ3n) is 2.73. The van der Waals surface area contributed by atoms with Crippen LogP contribution >= 0.6 is 11.3 Å². The average Bonchev–Trinajstić information content (AvgIpc) is 2.95. The van der Waals surface area contributed by atoms with Gasteiger partial charge in [0.15, 0.2) is 0 Å². The molecular weight excluding hydrogens is 262 g/mol. The van der Waals surface area contributed by atoms with Crippen molar-refractivity contribution < 1.29 is 0 Å². The SMILES string of the molecule is CCCNc1nnc(Cn2ccn(C(C)C)c2=O)s1. The molecule has 104 valence electrons. The van der Waals surface area contributed by atoms with Crippen molar-refractivity contribution in [3.63, 3.8) is 0 Å². The molecule has 2 heterocycles. The summed E-state index contributed by atoms with van der Waals surface area (Å²) in [4.78, 5) is 12.1. The molecule has 0 amide bonds. The number of nitrogens with zero attached hydrogens (tertiary/aromatic N) is 4. The molecular formula is C12H19N5OS. The highest BCUT2D eigenvalue weighted by molar-refractivity contribution is 7.15. The predicted octanol–water partition coefficient (Wildman–Crippen LogP) is 1.95. The highest BCUT2D eigenvalue weighted by Crippen LogP contribution is 2.15. The number of hydrogen-bond acceptors (Lipinski definition) is 5. The molecule has 2 rings (SSSR count). The van der Waals surface area contributed by atoms with Gasteiger partial charge in [0, 0.05) is 25.0 Å². The first-order chi connectivity index (χ1) is 9.11. The van der Waals surface area contributed by atoms with Gasteiger partial charge in [0.1, 0.15) is 5.01 Å². The lowest BCUT2D eigenvalue weighted by Crippen LogP contribution is -2.25. The maximum atomic E-state index is 12.1. The Balaban J connectivity index is 2.09. The second-order valence-corrected chi connectivity index (χ2v) is 5.70. The molecule has 1 N–H and O–H groups in total. The van der Waals surface area contributed by atoms with Crippen molar-refractivity contribution in [3.05, 3.63) is 27.9 Å². The summed E-state index contributed by atoms with van der Waals surface area (Å²) in [5.41, 5.74) is -0.00623. The normalized spacial score (nSPS) is 11.2. The highest BCUT2D eigenvalue weighted by atomic mass is 32.1. The van der Waals surface area contributed by atoms with E-state index >= 15 is 0 Å². The van der Waals surface area contributed by atoms with E-state index in [-0.39, 0.29) is 11.7 Å². The molecule has 0 aliphatic rings. The van der Waals surface area contributed by atoms with E-state index in [0.717, 1.165) is 23.1 Å². The largest absolute Gasteiger partial charge is 0.360 e. The molecule has 6 nitrogen and oxygen atoms in total. The third kappa shape index (κ3) is 3.23. The Kier molecular flexibility index (Phi) is 4.36. The first kappa shape index (κ1) is 13.8. The summed E-state index contributed by atoms with van der Waals surface area (Å²) >= 11 is 1.49. The maximum Gasteiger partial charge on any atom is 0.328 e. The lowest BCUT2D eigenvalue weighted by atomic mass is 10.4. The van der Waals surface area contributed by atoms with Crippen LogP contribution in [0.4, 0.5) is 5.13 Å². The molecule has 19 heavy (non-hydrogen) atoms. The van der Waals surface area contributed by atoms with E-state index in [4.69, 9.17) is 0 Å². The third-order valence-corrected chi connectivity index (χ3v) is 3.59. The molecule has 0 bridgehead atoms. The Hall–Kier alpha value is -1.63. The molecule has 2 aromatic heterocycles. The van der Waals surface area contributed by atoms with Crippen molar-refractivity contribution in [1.82, 2.24) is 19.3 Å². The zero-order valence-electron chi connectivity index (χ0n) is 11.5. The minimum Gasteiger partial charge on any atom is -0.360 e. The summed E-state index contributed by atoms with van der Waals surface area (Å²) in [6, 6.07) is 0.171. The second-order valence-electron chi connectivity index (χ2n) is 4.64. The minimum absolute atomic E-state index is 0.00623. The van der Waals surface area contributed by atoms with Gasteiger partial charge in [-0.15, -0.1) is 10.2 Å². The van der Waals surface area contributed by atoms with Crippen LogP contribution in [0.3, 0.4) is 0 Å². The Morgan fingerprint density at radius 2 is 2.16 bits per heavy atom. The van der Waals surface area contributed by atoms with Crippen molar-refractivity contribution in [2.24, 2.45) is 0 Å². The quantitative estimate of drug-likeness (QED) is 0.879. The number of anilines is 1. The van der Waals surface area contributed by atoms with Crippen LogP contribution in [0.1, 0.15) is 38.2 Å². The van der Waals surface area contributed by atoms with Crippen molar-refractivity contribution in [2.75, 3.05) is 11.9 Å². The van der Waals surface area contributed by atoms with Crippen molar-refractivity contribution in [3.8, 4) is 0 Å². The van der Waals surface area contributed by atoms with E-state index in [0.29, 0.717) is 6.54 Å². The lowest BCUT2D eigenvalue weighted by Gasteiger charge is -2.03. The summed E-state index contributed by atoms with van der Waals surface area (Å²) in [6.07, 6.45) is 4.65. The van der Waals surface area contributed by atoms with Crippen LogP contribution < -0.4 is 11.0 Å². The summed E-state index contributed by atoms with van der Waals surface area (Å²) < 4.78 is 3.36. The van der Waals surface area contributed by atoms with E-state index in [9.17, 15) is 4.79 Å². The summed E-state index contributed by atoms with van der Waals surface area (Å²) in [5, 5.41) is 13.0. The van der Waals surface area contributed by atoms with E-state index in [2.05, 4.69) is 22.4 Å². The standard InChI is InChI=1S/C12H19N5OS/c1-4-5-13-11-15-14-10(19-11)8-16-6-7-17(9(2)3)12(16)18/h6-7,9H,4-5,8H2,1-3H3,(H,13,15). The maximum absolute atomic E-state index is 12.1. The number of imidazole rings is 1. The number of nitrogens with one attached hydrogen (secondary N) is 1. The van der Waals surface area contributed by atoms with Crippen LogP contribution in [0, 0.1) is 0 Å². The predicted molar refractivity (Wildman–Crippen MR) is 76.9 cm³/mol. The van der Waals surface area contributed by atoms with Crippen LogP contribution in [0.5, 0.6) is 0 Å². The smallest absolute Gasteiger partial charge is 0.328 e. The highest BCUT2D eigenvalue weighted by Gasteiger charge is 2.09. The van der Waals surface area contributed by atoms with Gasteiger partial charge in [0.05, 0.1) is 6.54 Å². The van der Waals surface area contributed by atoms with Gasteiger partial charge in [-0.3, -0.25) is 9.13 Å². The topological polar surface area (TPSA) is 64.7 Å². The number of hydrogen-bond donors (Lipinski definition) is 1. The molecule has 0 fully saturated rings. The average molecular weight is 281 g/mol. The molecule has 0 saturated heterocycles. The fraction of sp³-hybridized carbons (Fsp3) is 0.583. The number of rotatable bonds is 6. The molecule has 2 aromatic rings. The van der Waals surface area contributed by atoms with Gasteiger partial charge in [-0.1, -0.05) is 18.3 Å². The molecule has 0 saturated carbocycles. The minimum atomic E-state index is -0.00623. The van der Waals surface area contributed by atoms with E-state index in [1.165, 1.54) is 11.3 Å². The van der Waals surface area contributed by atoms with E-state index in [1.54, 1.807) is 15.3 Å². The van der Waals surface area contributed by atoms with Gasteiger partial charge in [0.2, 0.25) is 5.13 Å². The van der Waals surface area contributed by atoms with Crippen LogP contribution in [0.15, 0.2) is 17.2 Å². The second kappa shape index (κ2) is 6.01.